The Morgan fingerprint density at radius 1 is 0.474 bits per heavy atom. The quantitative estimate of drug-likeness (QED) is 0.0507. The molecule has 78 heavy (non-hydrogen) atoms. The largest absolute Gasteiger partial charge is 0.397 e. The fourth-order valence-corrected chi connectivity index (χ4v) is 16.8. The Morgan fingerprint density at radius 3 is 1.40 bits per heavy atom. The van der Waals surface area contributed by atoms with Crippen molar-refractivity contribution in [1.82, 2.24) is 0 Å². The third-order valence-corrected chi connectivity index (χ3v) is 19.7. The molecule has 0 bridgehead atoms. The van der Waals surface area contributed by atoms with Gasteiger partial charge in [0.25, 0.3) is 0 Å². The van der Waals surface area contributed by atoms with E-state index in [-0.39, 0.29) is 29.6 Å². The van der Waals surface area contributed by atoms with Gasteiger partial charge in [-0.1, -0.05) is 53.9 Å². The summed E-state index contributed by atoms with van der Waals surface area (Å²) in [4.78, 5) is 0. The second kappa shape index (κ2) is 24.5. The SMILES string of the molecule is CC(C)CCC[C@@H](C)[C@H]1CC[C@H]2[C@@H]3CC[C@H]4C[C@@H](O[C@@H]5O[C@H](COS(=O)(=O)O)[C@@H](O[C@@H]6O[C@H](COS(=O)(=O)O)[C@@H](OS(=O)(=O)O)[C@H](OS(=O)(=O)O)[C@H]6OS(=O)(=O)O)[C@H](OS(=O)(=O)O)[C@H]5OS(=O)(=O)O)CC[C@]4(C)[C@H]3CC[C@]12C. The van der Waals surface area contributed by atoms with Crippen LogP contribution in [-0.2, 0) is 121 Å². The van der Waals surface area contributed by atoms with Gasteiger partial charge in [-0.2, -0.15) is 58.9 Å². The van der Waals surface area contributed by atoms with Gasteiger partial charge in [0, 0.05) is 0 Å². The van der Waals surface area contributed by atoms with Crippen molar-refractivity contribution in [1.29, 1.82) is 0 Å². The van der Waals surface area contributed by atoms with Gasteiger partial charge in [0.05, 0.1) is 19.3 Å². The van der Waals surface area contributed by atoms with Crippen LogP contribution in [0, 0.1) is 52.3 Å². The Balaban J connectivity index is 1.35. The maximum atomic E-state index is 12.6. The van der Waals surface area contributed by atoms with Crippen LogP contribution in [0.15, 0.2) is 0 Å². The van der Waals surface area contributed by atoms with Crippen LogP contribution in [0.1, 0.15) is 112 Å². The van der Waals surface area contributed by atoms with E-state index in [4.69, 9.17) is 27.3 Å². The first-order valence-corrected chi connectivity index (χ1v) is 34.1. The van der Waals surface area contributed by atoms with E-state index in [1.54, 1.807) is 0 Å². The molecular formula is C39H68O32S7. The van der Waals surface area contributed by atoms with Crippen LogP contribution in [0.3, 0.4) is 0 Å². The third-order valence-electron chi connectivity index (χ3n) is 16.5. The lowest BCUT2D eigenvalue weighted by molar-refractivity contribution is -0.353. The zero-order valence-corrected chi connectivity index (χ0v) is 48.2. The Kier molecular flexibility index (Phi) is 20.7. The lowest BCUT2D eigenvalue weighted by Gasteiger charge is -2.61. The molecule has 6 fully saturated rings. The smallest absolute Gasteiger partial charge is 0.347 e. The van der Waals surface area contributed by atoms with Crippen molar-refractivity contribution in [2.75, 3.05) is 13.2 Å². The molecule has 0 spiro atoms. The minimum absolute atomic E-state index is 0.0504. The van der Waals surface area contributed by atoms with E-state index >= 15 is 0 Å². The van der Waals surface area contributed by atoms with Gasteiger partial charge < -0.3 is 18.9 Å². The fraction of sp³-hybridized carbons (Fsp3) is 1.00. The molecule has 39 heteroatoms. The van der Waals surface area contributed by atoms with Crippen molar-refractivity contribution in [2.45, 2.75) is 179 Å². The molecule has 2 heterocycles. The van der Waals surface area contributed by atoms with Gasteiger partial charge in [0.2, 0.25) is 0 Å². The first-order valence-electron chi connectivity index (χ1n) is 24.6. The number of rotatable bonds is 25. The van der Waals surface area contributed by atoms with E-state index in [0.29, 0.717) is 41.9 Å². The Hall–Kier alpha value is -1.07. The summed E-state index contributed by atoms with van der Waals surface area (Å²) in [6.07, 6.45) is -19.6. The molecule has 0 aromatic carbocycles. The molecule has 6 aliphatic rings. The van der Waals surface area contributed by atoms with Gasteiger partial charge in [0.15, 0.2) is 24.8 Å². The van der Waals surface area contributed by atoms with E-state index in [1.807, 2.05) is 0 Å². The molecule has 458 valence electrons. The summed E-state index contributed by atoms with van der Waals surface area (Å²) in [6, 6.07) is 0. The van der Waals surface area contributed by atoms with Crippen LogP contribution in [0.4, 0.5) is 0 Å². The summed E-state index contributed by atoms with van der Waals surface area (Å²) >= 11 is 0. The highest BCUT2D eigenvalue weighted by atomic mass is 32.3. The zero-order valence-electron chi connectivity index (χ0n) is 42.5. The first kappa shape index (κ1) is 66.1. The van der Waals surface area contributed by atoms with Crippen LogP contribution in [0.5, 0.6) is 0 Å². The van der Waals surface area contributed by atoms with Gasteiger partial charge in [-0.15, -0.1) is 0 Å². The average molecular weight is 1270 g/mol. The standard InChI is InChI=1S/C39H68O32S7/c1-20(2)7-6-8-21(3)25-11-12-26-24-10-9-22-17-23(13-15-38(22,4)27(24)14-16-39(25,26)5)63-36-34(70-77(55,56)57)32(68-75(49,50)51)30(28(64-36)18-61-72(40,41)42)66-37-35(71-78(58,59)60)33(69-76(52,53)54)31(67-74(46,47)48)29(65-37)19-62-73(43,44)45/h20-37H,6-19H2,1-5H3,(H,40,41,42)(H,43,44,45)(H,46,47,48)(H,49,50,51)(H,52,53,54)(H,55,56,57)(H,58,59,60)/t21-,22+,23+,24+,25-,26+,27+,28-,29-,30-,31-,32+,33+,34-,35-,36-,37+,38+,39-/m1/s1. The molecule has 32 nitrogen and oxygen atoms in total. The maximum Gasteiger partial charge on any atom is 0.397 e. The maximum absolute atomic E-state index is 12.6. The van der Waals surface area contributed by atoms with Crippen molar-refractivity contribution in [3.8, 4) is 0 Å². The Bertz CT molecular complexity index is 2910. The summed E-state index contributed by atoms with van der Waals surface area (Å²) in [5.74, 6) is 2.98. The summed E-state index contributed by atoms with van der Waals surface area (Å²) in [5, 5.41) is 0. The molecule has 0 aromatic rings. The molecule has 0 aromatic heterocycles. The van der Waals surface area contributed by atoms with Crippen LogP contribution in [-0.4, -0.2) is 172 Å². The zero-order chi connectivity index (χ0) is 58.6. The van der Waals surface area contributed by atoms with Gasteiger partial charge in [-0.3, -0.25) is 31.9 Å². The second-order valence-corrected chi connectivity index (χ2v) is 29.2. The van der Waals surface area contributed by atoms with Crippen LogP contribution < -0.4 is 0 Å². The minimum atomic E-state index is -6.13. The van der Waals surface area contributed by atoms with Crippen molar-refractivity contribution < 1.29 is 139 Å². The van der Waals surface area contributed by atoms with E-state index in [1.165, 1.54) is 19.3 Å². The molecule has 4 aliphatic carbocycles. The lowest BCUT2D eigenvalue weighted by Crippen LogP contribution is -2.67. The summed E-state index contributed by atoms with van der Waals surface area (Å²) in [6.45, 7) is 8.02. The van der Waals surface area contributed by atoms with Crippen molar-refractivity contribution in [2.24, 2.45) is 52.3 Å². The van der Waals surface area contributed by atoms with E-state index in [2.05, 4.69) is 55.5 Å². The minimum Gasteiger partial charge on any atom is -0.347 e. The number of hydrogen-bond acceptors (Lipinski definition) is 25. The molecule has 4 saturated carbocycles. The predicted molar refractivity (Wildman–Crippen MR) is 257 cm³/mol. The molecule has 19 atom stereocenters. The average Bonchev–Trinajstić information content (AvgIpc) is 3.61. The fourth-order valence-electron chi connectivity index (χ4n) is 13.7. The molecular weight excluding hydrogens is 1200 g/mol. The number of fused-ring (bicyclic) bond motifs is 5. The predicted octanol–water partition coefficient (Wildman–Crippen LogP) is 1.91. The highest BCUT2D eigenvalue weighted by Gasteiger charge is 2.63. The van der Waals surface area contributed by atoms with E-state index in [0.717, 1.165) is 38.5 Å². The normalized spacial score (nSPS) is 38.8. The van der Waals surface area contributed by atoms with E-state index < -0.39 is 154 Å². The van der Waals surface area contributed by atoms with Gasteiger partial charge in [-0.05, 0) is 110 Å². The third kappa shape index (κ3) is 17.7. The summed E-state index contributed by atoms with van der Waals surface area (Å²) < 4.78 is 293. The van der Waals surface area contributed by atoms with Crippen LogP contribution in [0.2, 0.25) is 0 Å². The summed E-state index contributed by atoms with van der Waals surface area (Å²) in [7, 11) is -41.5. The van der Waals surface area contributed by atoms with Crippen LogP contribution >= 0.6 is 0 Å². The first-order chi connectivity index (χ1) is 35.4. The topological polar surface area (TPSA) is 482 Å². The lowest BCUT2D eigenvalue weighted by atomic mass is 9.44. The van der Waals surface area contributed by atoms with Gasteiger partial charge >= 0.3 is 72.8 Å². The Morgan fingerprint density at radius 2 is 0.910 bits per heavy atom. The van der Waals surface area contributed by atoms with Crippen molar-refractivity contribution in [3.05, 3.63) is 0 Å². The second-order valence-electron chi connectivity index (χ2n) is 21.8. The molecule has 7 N–H and O–H groups in total. The summed E-state index contributed by atoms with van der Waals surface area (Å²) in [5.41, 5.74) is -0.0695. The monoisotopic (exact) mass is 1270 g/mol. The van der Waals surface area contributed by atoms with Gasteiger partial charge in [0.1, 0.15) is 36.6 Å². The molecule has 2 aliphatic heterocycles. The van der Waals surface area contributed by atoms with Gasteiger partial charge in [-0.25, -0.2) is 29.3 Å². The van der Waals surface area contributed by atoms with Crippen molar-refractivity contribution >= 4 is 72.8 Å². The molecule has 0 radical (unpaired) electrons. The molecule has 2 saturated heterocycles. The highest BCUT2D eigenvalue weighted by Crippen LogP contribution is 2.68. The molecule has 0 unspecified atom stereocenters. The van der Waals surface area contributed by atoms with E-state index in [9.17, 15) is 90.8 Å². The number of hydrogen-bond donors (Lipinski definition) is 7. The Labute approximate surface area is 454 Å². The molecule has 6 rings (SSSR count). The van der Waals surface area contributed by atoms with Crippen molar-refractivity contribution in [3.63, 3.8) is 0 Å². The highest BCUT2D eigenvalue weighted by molar-refractivity contribution is 7.82. The molecule has 0 amide bonds. The van der Waals surface area contributed by atoms with Crippen LogP contribution in [0.25, 0.3) is 0 Å². The number of ether oxygens (including phenoxy) is 4.